The molecule has 1 aliphatic heterocycles. The lowest BCUT2D eigenvalue weighted by atomic mass is 9.85. The first-order valence-corrected chi connectivity index (χ1v) is 13.8. The average Bonchev–Trinajstić information content (AvgIpc) is 3.20. The summed E-state index contributed by atoms with van der Waals surface area (Å²) in [4.78, 5) is 35.1. The predicted octanol–water partition coefficient (Wildman–Crippen LogP) is 3.88. The number of imidazole rings is 1. The normalized spacial score (nSPS) is 19.5. The Morgan fingerprint density at radius 1 is 1.08 bits per heavy atom. The summed E-state index contributed by atoms with van der Waals surface area (Å²) in [5.74, 6) is 0.766. The molecule has 4 aromatic rings. The van der Waals surface area contributed by atoms with Crippen molar-refractivity contribution in [3.05, 3.63) is 81.6 Å². The molecule has 2 N–H and O–H groups in total. The van der Waals surface area contributed by atoms with Crippen molar-refractivity contribution in [1.29, 1.82) is 0 Å². The van der Waals surface area contributed by atoms with Crippen LogP contribution in [0, 0.1) is 12.8 Å². The third-order valence-electron chi connectivity index (χ3n) is 7.77. The van der Waals surface area contributed by atoms with Gasteiger partial charge < -0.3 is 15.4 Å². The standard InChI is InChI=1S/C29H31ClN6O3/c1-18-24(12-20(30)13-32-18)28(37)34-21-8-6-19(7-9-21)17-35-25-4-2-3-5-26(25)36(29(35)38)22-10-11-27(33-14-22)39-23-15-31-16-23/h2-5,10-14,19,21,23,31H,6-9,15-17H2,1H3,(H,34,37)/t19-,21-. The molecule has 0 atom stereocenters. The number of nitrogens with one attached hydrogen (secondary N) is 2. The Morgan fingerprint density at radius 2 is 1.85 bits per heavy atom. The van der Waals surface area contributed by atoms with Crippen LogP contribution in [0.3, 0.4) is 0 Å². The van der Waals surface area contributed by atoms with E-state index >= 15 is 0 Å². The molecule has 39 heavy (non-hydrogen) atoms. The monoisotopic (exact) mass is 546 g/mol. The lowest BCUT2D eigenvalue weighted by Crippen LogP contribution is -2.50. The zero-order valence-corrected chi connectivity index (χ0v) is 22.5. The van der Waals surface area contributed by atoms with Crippen molar-refractivity contribution < 1.29 is 9.53 Å². The molecule has 202 valence electrons. The maximum atomic E-state index is 13.7. The number of para-hydroxylation sites is 2. The van der Waals surface area contributed by atoms with Gasteiger partial charge >= 0.3 is 5.69 Å². The number of rotatable bonds is 7. The zero-order chi connectivity index (χ0) is 26.9. The molecule has 1 saturated heterocycles. The number of amides is 1. The number of carbonyl (C=O) groups excluding carboxylic acids is 1. The fourth-order valence-electron chi connectivity index (χ4n) is 5.47. The summed E-state index contributed by atoms with van der Waals surface area (Å²) in [6.45, 7) is 4.09. The van der Waals surface area contributed by atoms with E-state index in [1.54, 1.807) is 23.0 Å². The van der Waals surface area contributed by atoms with E-state index in [0.717, 1.165) is 49.8 Å². The number of hydrogen-bond acceptors (Lipinski definition) is 6. The fraction of sp³-hybridized carbons (Fsp3) is 0.379. The van der Waals surface area contributed by atoms with Gasteiger partial charge in [-0.15, -0.1) is 0 Å². The molecule has 6 rings (SSSR count). The van der Waals surface area contributed by atoms with Crippen molar-refractivity contribution in [2.45, 2.75) is 51.3 Å². The highest BCUT2D eigenvalue weighted by Crippen LogP contribution is 2.28. The van der Waals surface area contributed by atoms with E-state index in [4.69, 9.17) is 16.3 Å². The van der Waals surface area contributed by atoms with Gasteiger partial charge in [-0.2, -0.15) is 0 Å². The Labute approximate surface area is 231 Å². The molecule has 3 aromatic heterocycles. The van der Waals surface area contributed by atoms with Crippen molar-refractivity contribution in [1.82, 2.24) is 29.7 Å². The van der Waals surface area contributed by atoms with Crippen LogP contribution in [0.1, 0.15) is 41.7 Å². The number of halogens is 1. The molecule has 1 aliphatic carbocycles. The Morgan fingerprint density at radius 3 is 2.54 bits per heavy atom. The maximum Gasteiger partial charge on any atom is 0.333 e. The molecule has 4 heterocycles. The smallest absolute Gasteiger partial charge is 0.333 e. The number of aryl methyl sites for hydroxylation is 1. The van der Waals surface area contributed by atoms with E-state index in [2.05, 4.69) is 20.6 Å². The first-order valence-electron chi connectivity index (χ1n) is 13.4. The molecular weight excluding hydrogens is 516 g/mol. The van der Waals surface area contributed by atoms with Crippen molar-refractivity contribution >= 4 is 28.5 Å². The molecule has 2 aliphatic rings. The lowest BCUT2D eigenvalue weighted by Gasteiger charge is -2.29. The minimum Gasteiger partial charge on any atom is -0.472 e. The van der Waals surface area contributed by atoms with Crippen LogP contribution in [-0.2, 0) is 6.54 Å². The van der Waals surface area contributed by atoms with Gasteiger partial charge in [-0.3, -0.25) is 18.9 Å². The van der Waals surface area contributed by atoms with E-state index in [1.807, 2.05) is 47.9 Å². The van der Waals surface area contributed by atoms with Gasteiger partial charge in [0, 0.05) is 37.9 Å². The van der Waals surface area contributed by atoms with Crippen LogP contribution in [0.5, 0.6) is 5.88 Å². The first kappa shape index (κ1) is 25.6. The highest BCUT2D eigenvalue weighted by molar-refractivity contribution is 6.30. The fourth-order valence-corrected chi connectivity index (χ4v) is 5.63. The van der Waals surface area contributed by atoms with Crippen LogP contribution in [0.25, 0.3) is 16.7 Å². The van der Waals surface area contributed by atoms with Gasteiger partial charge in [-0.25, -0.2) is 9.78 Å². The molecule has 0 radical (unpaired) electrons. The van der Waals surface area contributed by atoms with Crippen LogP contribution in [0.15, 0.2) is 59.7 Å². The first-order chi connectivity index (χ1) is 19.0. The van der Waals surface area contributed by atoms with E-state index in [-0.39, 0.29) is 23.7 Å². The molecule has 10 heteroatoms. The minimum atomic E-state index is -0.139. The number of fused-ring (bicyclic) bond motifs is 1. The van der Waals surface area contributed by atoms with Crippen LogP contribution < -0.4 is 21.1 Å². The Kier molecular flexibility index (Phi) is 7.10. The van der Waals surface area contributed by atoms with Crippen molar-refractivity contribution in [3.8, 4) is 11.6 Å². The Hall–Kier alpha value is -3.69. The largest absolute Gasteiger partial charge is 0.472 e. The molecular formula is C29H31ClN6O3. The van der Waals surface area contributed by atoms with Crippen LogP contribution >= 0.6 is 11.6 Å². The number of carbonyl (C=O) groups is 1. The predicted molar refractivity (Wildman–Crippen MR) is 150 cm³/mol. The Balaban J connectivity index is 1.15. The number of aromatic nitrogens is 4. The molecule has 1 saturated carbocycles. The summed E-state index contributed by atoms with van der Waals surface area (Å²) >= 11 is 6.04. The van der Waals surface area contributed by atoms with E-state index in [9.17, 15) is 9.59 Å². The van der Waals surface area contributed by atoms with E-state index in [0.29, 0.717) is 40.3 Å². The molecule has 0 unspecified atom stereocenters. The molecule has 0 bridgehead atoms. The minimum absolute atomic E-state index is 0.0748. The van der Waals surface area contributed by atoms with E-state index in [1.165, 1.54) is 0 Å². The van der Waals surface area contributed by atoms with Crippen LogP contribution in [0.4, 0.5) is 0 Å². The topological polar surface area (TPSA) is 103 Å². The second-order valence-corrected chi connectivity index (χ2v) is 10.9. The average molecular weight is 547 g/mol. The zero-order valence-electron chi connectivity index (χ0n) is 21.8. The van der Waals surface area contributed by atoms with Gasteiger partial charge in [-0.1, -0.05) is 23.7 Å². The lowest BCUT2D eigenvalue weighted by molar-refractivity contribution is 0.0919. The number of hydrogen-bond donors (Lipinski definition) is 2. The van der Waals surface area contributed by atoms with Gasteiger partial charge in [0.1, 0.15) is 6.10 Å². The van der Waals surface area contributed by atoms with Crippen molar-refractivity contribution in [2.24, 2.45) is 5.92 Å². The van der Waals surface area contributed by atoms with Crippen LogP contribution in [-0.4, -0.2) is 50.2 Å². The van der Waals surface area contributed by atoms with Gasteiger partial charge in [0.05, 0.1) is 39.2 Å². The van der Waals surface area contributed by atoms with Gasteiger partial charge in [0.25, 0.3) is 5.91 Å². The summed E-state index contributed by atoms with van der Waals surface area (Å²) in [6, 6.07) is 13.3. The summed E-state index contributed by atoms with van der Waals surface area (Å²) in [5, 5.41) is 6.77. The number of pyridine rings is 2. The third-order valence-corrected chi connectivity index (χ3v) is 7.97. The number of ether oxygens (including phenoxy) is 1. The third kappa shape index (κ3) is 5.29. The SMILES string of the molecule is Cc1ncc(Cl)cc1C(=O)N[C@H]1CC[C@H](Cn2c(=O)n(-c3ccc(OC4CNC4)nc3)c3ccccc32)CC1. The second kappa shape index (κ2) is 10.8. The maximum absolute atomic E-state index is 13.7. The Bertz CT molecular complexity index is 1550. The number of benzene rings is 1. The van der Waals surface area contributed by atoms with Crippen molar-refractivity contribution in [3.63, 3.8) is 0 Å². The van der Waals surface area contributed by atoms with Gasteiger partial charge in [0.15, 0.2) is 0 Å². The highest BCUT2D eigenvalue weighted by atomic mass is 35.5. The number of nitrogens with zero attached hydrogens (tertiary/aromatic N) is 4. The molecule has 0 spiro atoms. The van der Waals surface area contributed by atoms with Gasteiger partial charge in [0.2, 0.25) is 5.88 Å². The van der Waals surface area contributed by atoms with Gasteiger partial charge in [-0.05, 0) is 62.8 Å². The molecule has 9 nitrogen and oxygen atoms in total. The molecule has 1 aromatic carbocycles. The highest BCUT2D eigenvalue weighted by Gasteiger charge is 2.26. The second-order valence-electron chi connectivity index (χ2n) is 10.4. The summed E-state index contributed by atoms with van der Waals surface area (Å²) in [5.41, 5.74) is 3.57. The quantitative estimate of drug-likeness (QED) is 0.365. The molecule has 1 amide bonds. The summed E-state index contributed by atoms with van der Waals surface area (Å²) < 4.78 is 9.44. The van der Waals surface area contributed by atoms with Crippen LogP contribution in [0.2, 0.25) is 5.02 Å². The van der Waals surface area contributed by atoms with E-state index < -0.39 is 0 Å². The molecule has 2 fully saturated rings. The van der Waals surface area contributed by atoms with Crippen molar-refractivity contribution in [2.75, 3.05) is 13.1 Å². The summed E-state index contributed by atoms with van der Waals surface area (Å²) in [7, 11) is 0. The summed E-state index contributed by atoms with van der Waals surface area (Å²) in [6.07, 6.45) is 6.96.